The van der Waals surface area contributed by atoms with Gasteiger partial charge in [0.15, 0.2) is 4.80 Å². The van der Waals surface area contributed by atoms with E-state index in [1.165, 1.54) is 23.5 Å². The van der Waals surface area contributed by atoms with Crippen LogP contribution in [0.3, 0.4) is 0 Å². The highest BCUT2D eigenvalue weighted by Crippen LogP contribution is 2.22. The molecule has 0 saturated heterocycles. The maximum Gasteiger partial charge on any atom is 0.252 e. The summed E-state index contributed by atoms with van der Waals surface area (Å²) in [4.78, 5) is 17.1. The van der Waals surface area contributed by atoms with Crippen molar-refractivity contribution in [3.8, 4) is 0 Å². The van der Waals surface area contributed by atoms with Crippen LogP contribution in [0, 0.1) is 5.82 Å². The SMILES string of the molecule is C=CCn1c(=NC(=O)Cc2ccc(F)cc2)sc2cc(Br)ccc21. The van der Waals surface area contributed by atoms with Crippen LogP contribution in [0.2, 0.25) is 0 Å². The predicted octanol–water partition coefficient (Wildman–Crippen LogP) is 4.46. The molecule has 0 radical (unpaired) electrons. The van der Waals surface area contributed by atoms with Crippen LogP contribution in [0.5, 0.6) is 0 Å². The van der Waals surface area contributed by atoms with Crippen LogP contribution in [0.25, 0.3) is 10.2 Å². The molecule has 24 heavy (non-hydrogen) atoms. The monoisotopic (exact) mass is 404 g/mol. The van der Waals surface area contributed by atoms with E-state index in [4.69, 9.17) is 0 Å². The van der Waals surface area contributed by atoms with Gasteiger partial charge in [-0.25, -0.2) is 4.39 Å². The number of aromatic nitrogens is 1. The Labute approximate surface area is 150 Å². The standard InChI is InChI=1S/C18H14BrFN2OS/c1-2-9-22-15-8-5-13(19)11-16(15)24-18(22)21-17(23)10-12-3-6-14(20)7-4-12/h2-8,11H,1,9-10H2. The second-order valence-corrected chi connectivity index (χ2v) is 7.13. The number of benzene rings is 2. The molecule has 0 unspecified atom stereocenters. The topological polar surface area (TPSA) is 34.4 Å². The summed E-state index contributed by atoms with van der Waals surface area (Å²) >= 11 is 4.91. The molecule has 3 rings (SSSR count). The van der Waals surface area contributed by atoms with E-state index in [2.05, 4.69) is 27.5 Å². The second-order valence-electron chi connectivity index (χ2n) is 5.20. The Balaban J connectivity index is 1.98. The fourth-order valence-electron chi connectivity index (χ4n) is 2.36. The van der Waals surface area contributed by atoms with Gasteiger partial charge in [0, 0.05) is 11.0 Å². The number of hydrogen-bond acceptors (Lipinski definition) is 2. The van der Waals surface area contributed by atoms with Crippen molar-refractivity contribution in [1.82, 2.24) is 4.57 Å². The molecule has 0 spiro atoms. The van der Waals surface area contributed by atoms with E-state index in [1.54, 1.807) is 18.2 Å². The Hall–Kier alpha value is -2.05. The van der Waals surface area contributed by atoms with Crippen LogP contribution >= 0.6 is 27.3 Å². The molecule has 0 saturated carbocycles. The predicted molar refractivity (Wildman–Crippen MR) is 98.4 cm³/mol. The lowest BCUT2D eigenvalue weighted by atomic mass is 10.1. The molecule has 0 fully saturated rings. The number of thiazole rings is 1. The minimum absolute atomic E-state index is 0.145. The van der Waals surface area contributed by atoms with E-state index in [1.807, 2.05) is 22.8 Å². The van der Waals surface area contributed by atoms with Crippen LogP contribution in [0.4, 0.5) is 4.39 Å². The maximum absolute atomic E-state index is 12.9. The number of nitrogens with zero attached hydrogens (tertiary/aromatic N) is 2. The largest absolute Gasteiger partial charge is 0.313 e. The van der Waals surface area contributed by atoms with Crippen molar-refractivity contribution < 1.29 is 9.18 Å². The second kappa shape index (κ2) is 7.23. The Bertz CT molecular complexity index is 973. The molecular weight excluding hydrogens is 391 g/mol. The molecule has 3 nitrogen and oxygen atoms in total. The molecular formula is C18H14BrFN2OS. The first-order valence-electron chi connectivity index (χ1n) is 7.28. The first-order chi connectivity index (χ1) is 11.6. The number of carbonyl (C=O) groups excluding carboxylic acids is 1. The zero-order valence-corrected chi connectivity index (χ0v) is 15.1. The summed E-state index contributed by atoms with van der Waals surface area (Å²) in [5, 5.41) is 0. The Kier molecular flexibility index (Phi) is 5.06. The zero-order chi connectivity index (χ0) is 17.1. The van der Waals surface area contributed by atoms with Crippen LogP contribution in [-0.2, 0) is 17.8 Å². The minimum Gasteiger partial charge on any atom is -0.313 e. The van der Waals surface area contributed by atoms with Gasteiger partial charge >= 0.3 is 0 Å². The highest BCUT2D eigenvalue weighted by molar-refractivity contribution is 9.10. The fraction of sp³-hybridized carbons (Fsp3) is 0.111. The molecule has 0 N–H and O–H groups in total. The third kappa shape index (κ3) is 3.71. The van der Waals surface area contributed by atoms with Gasteiger partial charge in [0.05, 0.1) is 16.6 Å². The van der Waals surface area contributed by atoms with Gasteiger partial charge in [-0.2, -0.15) is 4.99 Å². The fourth-order valence-corrected chi connectivity index (χ4v) is 3.97. The lowest BCUT2D eigenvalue weighted by Gasteiger charge is -2.01. The maximum atomic E-state index is 12.9. The highest BCUT2D eigenvalue weighted by atomic mass is 79.9. The van der Waals surface area contributed by atoms with E-state index >= 15 is 0 Å². The lowest BCUT2D eigenvalue weighted by molar-refractivity contribution is -0.117. The number of rotatable bonds is 4. The minimum atomic E-state index is -0.318. The van der Waals surface area contributed by atoms with Crippen LogP contribution < -0.4 is 4.80 Å². The highest BCUT2D eigenvalue weighted by Gasteiger charge is 2.08. The number of fused-ring (bicyclic) bond motifs is 1. The molecule has 1 aromatic heterocycles. The van der Waals surface area contributed by atoms with Crippen molar-refractivity contribution in [2.45, 2.75) is 13.0 Å². The van der Waals surface area contributed by atoms with Crippen LogP contribution in [0.15, 0.2) is 64.6 Å². The van der Waals surface area contributed by atoms with Gasteiger partial charge in [-0.05, 0) is 35.9 Å². The van der Waals surface area contributed by atoms with Crippen LogP contribution in [0.1, 0.15) is 5.56 Å². The summed E-state index contributed by atoms with van der Waals surface area (Å²) in [5.74, 6) is -0.577. The Morgan fingerprint density at radius 2 is 2.04 bits per heavy atom. The van der Waals surface area contributed by atoms with Gasteiger partial charge in [-0.1, -0.05) is 45.5 Å². The Morgan fingerprint density at radius 3 is 2.75 bits per heavy atom. The quantitative estimate of drug-likeness (QED) is 0.591. The van der Waals surface area contributed by atoms with Crippen molar-refractivity contribution >= 4 is 43.4 Å². The van der Waals surface area contributed by atoms with Gasteiger partial charge < -0.3 is 4.57 Å². The van der Waals surface area contributed by atoms with Crippen molar-refractivity contribution in [2.75, 3.05) is 0 Å². The first-order valence-corrected chi connectivity index (χ1v) is 8.89. The number of amides is 1. The summed E-state index contributed by atoms with van der Waals surface area (Å²) < 4.78 is 16.9. The van der Waals surface area contributed by atoms with Crippen molar-refractivity contribution in [2.24, 2.45) is 4.99 Å². The summed E-state index contributed by atoms with van der Waals surface area (Å²) in [5.41, 5.74) is 1.75. The van der Waals surface area contributed by atoms with E-state index in [9.17, 15) is 9.18 Å². The number of carbonyl (C=O) groups is 1. The van der Waals surface area contributed by atoms with Gasteiger partial charge in [0.2, 0.25) is 0 Å². The third-order valence-corrected chi connectivity index (χ3v) is 4.98. The van der Waals surface area contributed by atoms with Crippen molar-refractivity contribution in [1.29, 1.82) is 0 Å². The molecule has 122 valence electrons. The zero-order valence-electron chi connectivity index (χ0n) is 12.7. The summed E-state index contributed by atoms with van der Waals surface area (Å²) in [6, 6.07) is 11.8. The van der Waals surface area contributed by atoms with E-state index in [-0.39, 0.29) is 18.1 Å². The van der Waals surface area contributed by atoms with Gasteiger partial charge in [-0.3, -0.25) is 4.79 Å². The molecule has 2 aromatic carbocycles. The number of hydrogen-bond donors (Lipinski definition) is 0. The van der Waals surface area contributed by atoms with Gasteiger partial charge in [0.25, 0.3) is 5.91 Å². The molecule has 1 heterocycles. The van der Waals surface area contributed by atoms with Crippen LogP contribution in [-0.4, -0.2) is 10.5 Å². The van der Waals surface area contributed by atoms with Crippen molar-refractivity contribution in [3.05, 3.63) is 75.8 Å². The molecule has 0 aliphatic carbocycles. The number of halogens is 2. The van der Waals surface area contributed by atoms with E-state index < -0.39 is 0 Å². The molecule has 0 aliphatic heterocycles. The normalized spacial score (nSPS) is 11.8. The first kappa shape index (κ1) is 16.8. The molecule has 0 aliphatic rings. The van der Waals surface area contributed by atoms with E-state index in [0.29, 0.717) is 11.3 Å². The average molecular weight is 405 g/mol. The lowest BCUT2D eigenvalue weighted by Crippen LogP contribution is -2.16. The third-order valence-electron chi connectivity index (χ3n) is 3.45. The molecule has 3 aromatic rings. The molecule has 6 heteroatoms. The number of allylic oxidation sites excluding steroid dienone is 1. The molecule has 1 amide bonds. The molecule has 0 atom stereocenters. The summed E-state index contributed by atoms with van der Waals surface area (Å²) in [7, 11) is 0. The average Bonchev–Trinajstić information content (AvgIpc) is 2.86. The van der Waals surface area contributed by atoms with Crippen molar-refractivity contribution in [3.63, 3.8) is 0 Å². The van der Waals surface area contributed by atoms with Gasteiger partial charge in [0.1, 0.15) is 5.82 Å². The molecule has 0 bridgehead atoms. The summed E-state index contributed by atoms with van der Waals surface area (Å²) in [6.07, 6.45) is 1.92. The smallest absolute Gasteiger partial charge is 0.252 e. The van der Waals surface area contributed by atoms with E-state index in [0.717, 1.165) is 20.3 Å². The summed E-state index contributed by atoms with van der Waals surface area (Å²) in [6.45, 7) is 4.34. The Morgan fingerprint density at radius 1 is 1.29 bits per heavy atom. The van der Waals surface area contributed by atoms with Gasteiger partial charge in [-0.15, -0.1) is 6.58 Å².